The summed E-state index contributed by atoms with van der Waals surface area (Å²) in [5, 5.41) is 31.4. The topological polar surface area (TPSA) is 115 Å². The molecule has 0 aromatic heterocycles. The van der Waals surface area contributed by atoms with Gasteiger partial charge in [0, 0.05) is 19.8 Å². The van der Waals surface area contributed by atoms with Gasteiger partial charge in [0.15, 0.2) is 6.10 Å². The molecule has 1 saturated carbocycles. The number of hydrogen-bond donors (Lipinski definition) is 3. The van der Waals surface area contributed by atoms with Crippen molar-refractivity contribution in [2.24, 2.45) is 0 Å². The highest BCUT2D eigenvalue weighted by Crippen LogP contribution is 2.36. The molecule has 1 aliphatic carbocycles. The molecule has 182 valence electrons. The Morgan fingerprint density at radius 1 is 1.03 bits per heavy atom. The first-order valence-electron chi connectivity index (χ1n) is 11.0. The summed E-state index contributed by atoms with van der Waals surface area (Å²) >= 11 is 0. The average molecular weight is 463 g/mol. The van der Waals surface area contributed by atoms with Crippen molar-refractivity contribution in [2.75, 3.05) is 14.2 Å². The molecule has 6 atom stereocenters. The van der Waals surface area contributed by atoms with Gasteiger partial charge >= 0.3 is 5.97 Å². The summed E-state index contributed by atoms with van der Waals surface area (Å²) in [5.74, 6) is -0.00588. The second-order valence-corrected chi connectivity index (χ2v) is 9.32. The lowest BCUT2D eigenvalue weighted by molar-refractivity contribution is -0.235. The summed E-state index contributed by atoms with van der Waals surface area (Å²) in [4.78, 5) is 13.1. The molecule has 0 unspecified atom stereocenters. The van der Waals surface area contributed by atoms with Crippen LogP contribution in [-0.2, 0) is 20.6 Å². The molecule has 0 spiro atoms. The first-order valence-corrected chi connectivity index (χ1v) is 11.0. The van der Waals surface area contributed by atoms with E-state index in [1.165, 1.54) is 14.2 Å². The van der Waals surface area contributed by atoms with Gasteiger partial charge in [0.05, 0.1) is 5.56 Å². The van der Waals surface area contributed by atoms with E-state index in [0.29, 0.717) is 12.2 Å². The fraction of sp³-hybridized carbons (Fsp3) is 0.560. The Labute approximate surface area is 194 Å². The molecule has 33 heavy (non-hydrogen) atoms. The normalized spacial score (nSPS) is 30.2. The van der Waals surface area contributed by atoms with E-state index in [1.54, 1.807) is 12.1 Å². The number of allylic oxidation sites excluding steroid dienone is 2. The van der Waals surface area contributed by atoms with Crippen LogP contribution < -0.4 is 4.74 Å². The number of ether oxygens (including phenoxy) is 4. The summed E-state index contributed by atoms with van der Waals surface area (Å²) in [5.41, 5.74) is 2.49. The molecule has 3 N–H and O–H groups in total. The SMILES string of the molecule is CO[C@@H]1[C@H](O)[C@@H](O)[C@H](OC(=O)c2cc3c(c(CC=C(C)C)c2)OC(C)(C)C=C3)[C@H](OC)[C@H]1O. The number of methoxy groups -OCH3 is 2. The zero-order valence-corrected chi connectivity index (χ0v) is 19.9. The number of aliphatic hydroxyl groups is 3. The Morgan fingerprint density at radius 2 is 1.67 bits per heavy atom. The van der Waals surface area contributed by atoms with E-state index in [9.17, 15) is 20.1 Å². The molecule has 1 aromatic rings. The van der Waals surface area contributed by atoms with Gasteiger partial charge in [-0.15, -0.1) is 0 Å². The Hall–Kier alpha value is -2.23. The summed E-state index contributed by atoms with van der Waals surface area (Å²) in [6.07, 6.45) is -1.27. The lowest BCUT2D eigenvalue weighted by Gasteiger charge is -2.43. The molecular formula is C25H34O8. The van der Waals surface area contributed by atoms with Gasteiger partial charge in [0.1, 0.15) is 41.9 Å². The number of carbonyl (C=O) groups is 1. The number of aliphatic hydroxyl groups excluding tert-OH is 3. The molecule has 2 aliphatic rings. The molecule has 8 nitrogen and oxygen atoms in total. The number of rotatable bonds is 6. The maximum absolute atomic E-state index is 13.1. The van der Waals surface area contributed by atoms with Crippen LogP contribution in [-0.4, -0.2) is 77.7 Å². The van der Waals surface area contributed by atoms with Gasteiger partial charge in [-0.05, 0) is 57.9 Å². The van der Waals surface area contributed by atoms with Gasteiger partial charge in [-0.1, -0.05) is 17.7 Å². The van der Waals surface area contributed by atoms with E-state index in [4.69, 9.17) is 18.9 Å². The van der Waals surface area contributed by atoms with Gasteiger partial charge < -0.3 is 34.3 Å². The minimum atomic E-state index is -1.50. The van der Waals surface area contributed by atoms with Gasteiger partial charge in [-0.25, -0.2) is 4.79 Å². The van der Waals surface area contributed by atoms with Crippen molar-refractivity contribution in [3.8, 4) is 5.75 Å². The number of carbonyl (C=O) groups excluding carboxylic acids is 1. The largest absolute Gasteiger partial charge is 0.483 e. The Morgan fingerprint density at radius 3 is 2.27 bits per heavy atom. The minimum absolute atomic E-state index is 0.263. The van der Waals surface area contributed by atoms with Crippen molar-refractivity contribution in [1.82, 2.24) is 0 Å². The zero-order chi connectivity index (χ0) is 24.5. The predicted molar refractivity (Wildman–Crippen MR) is 122 cm³/mol. The van der Waals surface area contributed by atoms with Crippen molar-refractivity contribution >= 4 is 12.0 Å². The van der Waals surface area contributed by atoms with Crippen LogP contribution in [0.4, 0.5) is 0 Å². The fourth-order valence-electron chi connectivity index (χ4n) is 4.18. The van der Waals surface area contributed by atoms with Gasteiger partial charge in [0.25, 0.3) is 0 Å². The fourth-order valence-corrected chi connectivity index (χ4v) is 4.18. The van der Waals surface area contributed by atoms with E-state index in [2.05, 4.69) is 0 Å². The average Bonchev–Trinajstić information content (AvgIpc) is 2.75. The molecule has 1 heterocycles. The Kier molecular flexibility index (Phi) is 7.65. The van der Waals surface area contributed by atoms with Crippen LogP contribution in [0.3, 0.4) is 0 Å². The molecule has 8 heteroatoms. The van der Waals surface area contributed by atoms with Crippen LogP contribution in [0, 0.1) is 0 Å². The van der Waals surface area contributed by atoms with Crippen LogP contribution in [0.1, 0.15) is 49.2 Å². The predicted octanol–water partition coefficient (Wildman–Crippen LogP) is 2.03. The first-order chi connectivity index (χ1) is 15.5. The van der Waals surface area contributed by atoms with Crippen LogP contribution in [0.2, 0.25) is 0 Å². The maximum Gasteiger partial charge on any atom is 0.338 e. The monoisotopic (exact) mass is 462 g/mol. The van der Waals surface area contributed by atoms with Gasteiger partial charge in [-0.3, -0.25) is 0 Å². The van der Waals surface area contributed by atoms with Crippen molar-refractivity contribution in [3.63, 3.8) is 0 Å². The maximum atomic E-state index is 13.1. The highest BCUT2D eigenvalue weighted by molar-refractivity contribution is 5.91. The highest BCUT2D eigenvalue weighted by Gasteiger charge is 2.52. The van der Waals surface area contributed by atoms with Crippen LogP contribution in [0.5, 0.6) is 5.75 Å². The molecule has 1 aromatic carbocycles. The van der Waals surface area contributed by atoms with E-state index in [-0.39, 0.29) is 5.56 Å². The smallest absolute Gasteiger partial charge is 0.338 e. The third-order valence-electron chi connectivity index (χ3n) is 6.00. The molecule has 3 rings (SSSR count). The van der Waals surface area contributed by atoms with Gasteiger partial charge in [-0.2, -0.15) is 0 Å². The zero-order valence-electron chi connectivity index (χ0n) is 19.9. The number of hydrogen-bond acceptors (Lipinski definition) is 8. The van der Waals surface area contributed by atoms with Crippen LogP contribution in [0.25, 0.3) is 6.08 Å². The molecule has 0 bridgehead atoms. The van der Waals surface area contributed by atoms with Crippen LogP contribution >= 0.6 is 0 Å². The molecule has 0 saturated heterocycles. The number of benzene rings is 1. The summed E-state index contributed by atoms with van der Waals surface area (Å²) < 4.78 is 22.1. The molecule has 1 aliphatic heterocycles. The van der Waals surface area contributed by atoms with E-state index < -0.39 is 48.2 Å². The summed E-state index contributed by atoms with van der Waals surface area (Å²) in [7, 11) is 2.63. The van der Waals surface area contributed by atoms with E-state index in [0.717, 1.165) is 16.7 Å². The molecule has 1 fully saturated rings. The first kappa shape index (κ1) is 25.4. The van der Waals surface area contributed by atoms with Crippen LogP contribution in [0.15, 0.2) is 29.9 Å². The van der Waals surface area contributed by atoms with Crippen molar-refractivity contribution in [1.29, 1.82) is 0 Å². The van der Waals surface area contributed by atoms with Crippen molar-refractivity contribution < 1.29 is 39.1 Å². The number of esters is 1. The molecule has 0 radical (unpaired) electrons. The van der Waals surface area contributed by atoms with Gasteiger partial charge in [0.2, 0.25) is 0 Å². The third kappa shape index (κ3) is 5.31. The highest BCUT2D eigenvalue weighted by atomic mass is 16.6. The Balaban J connectivity index is 1.93. The van der Waals surface area contributed by atoms with E-state index in [1.807, 2.05) is 45.9 Å². The molecule has 0 amide bonds. The number of fused-ring (bicyclic) bond motifs is 1. The lowest BCUT2D eigenvalue weighted by atomic mass is 9.84. The van der Waals surface area contributed by atoms with Crippen molar-refractivity contribution in [2.45, 2.75) is 76.3 Å². The minimum Gasteiger partial charge on any atom is -0.483 e. The third-order valence-corrected chi connectivity index (χ3v) is 6.00. The second-order valence-electron chi connectivity index (χ2n) is 9.32. The summed E-state index contributed by atoms with van der Waals surface area (Å²) in [6, 6.07) is 3.37. The van der Waals surface area contributed by atoms with E-state index >= 15 is 0 Å². The molecular weight excluding hydrogens is 428 g/mol. The second kappa shape index (κ2) is 9.95. The Bertz CT molecular complexity index is 931. The summed E-state index contributed by atoms with van der Waals surface area (Å²) in [6.45, 7) is 7.90. The van der Waals surface area contributed by atoms with Crippen molar-refractivity contribution in [3.05, 3.63) is 46.5 Å². The standard InChI is InChI=1S/C25H34O8/c1-13(2)7-8-14-11-16(12-15-9-10-25(3,4)33-20(14)15)24(29)32-23-18(27)17(26)21(30-5)19(28)22(23)31-6/h7,9-12,17-19,21-23,26-28H,8H2,1-6H3/t17-,18-,19+,21-,22-,23+/m1/s1. The lowest BCUT2D eigenvalue weighted by Crippen LogP contribution is -2.65. The quantitative estimate of drug-likeness (QED) is 0.435.